The van der Waals surface area contributed by atoms with Gasteiger partial charge in [0.2, 0.25) is 5.91 Å². The first-order valence-corrected chi connectivity index (χ1v) is 8.34. The Kier molecular flexibility index (Phi) is 5.40. The minimum Gasteiger partial charge on any atom is -0.389 e. The van der Waals surface area contributed by atoms with Crippen LogP contribution >= 0.6 is 0 Å². The minimum atomic E-state index is -0.778. The second-order valence-electron chi connectivity index (χ2n) is 6.19. The van der Waals surface area contributed by atoms with Crippen LogP contribution in [0.25, 0.3) is 0 Å². The lowest BCUT2D eigenvalue weighted by atomic mass is 10.0. The number of benzene rings is 1. The molecule has 1 aliphatic rings. The van der Waals surface area contributed by atoms with Gasteiger partial charge >= 0.3 is 0 Å². The van der Waals surface area contributed by atoms with Gasteiger partial charge < -0.3 is 15.3 Å². The Hall–Kier alpha value is -2.73. The average Bonchev–Trinajstić information content (AvgIpc) is 2.64. The van der Waals surface area contributed by atoms with Crippen LogP contribution in [0.3, 0.4) is 0 Å². The van der Waals surface area contributed by atoms with Crippen LogP contribution in [0.1, 0.15) is 22.3 Å². The van der Waals surface area contributed by atoms with Gasteiger partial charge in [0.15, 0.2) is 0 Å². The second-order valence-corrected chi connectivity index (χ2v) is 6.19. The quantitative estimate of drug-likeness (QED) is 0.871. The predicted molar refractivity (Wildman–Crippen MR) is 92.8 cm³/mol. The van der Waals surface area contributed by atoms with E-state index in [1.54, 1.807) is 35.5 Å². The van der Waals surface area contributed by atoms with E-state index in [1.807, 2.05) is 24.3 Å². The SMILES string of the molecule is O=C(Cc1cccnc1)NC1CCN(C(=O)c2ccccc2)CC1O. The molecule has 0 saturated carbocycles. The number of nitrogens with one attached hydrogen (secondary N) is 1. The van der Waals surface area contributed by atoms with E-state index in [4.69, 9.17) is 0 Å². The molecule has 0 spiro atoms. The summed E-state index contributed by atoms with van der Waals surface area (Å²) in [5.74, 6) is -0.250. The maximum atomic E-state index is 12.4. The third-order valence-electron chi connectivity index (χ3n) is 4.32. The van der Waals surface area contributed by atoms with E-state index in [1.165, 1.54) is 0 Å². The summed E-state index contributed by atoms with van der Waals surface area (Å²) < 4.78 is 0. The van der Waals surface area contributed by atoms with Crippen molar-refractivity contribution in [2.75, 3.05) is 13.1 Å². The molecule has 6 nitrogen and oxygen atoms in total. The molecular formula is C19H21N3O3. The van der Waals surface area contributed by atoms with Gasteiger partial charge in [-0.25, -0.2) is 0 Å². The summed E-state index contributed by atoms with van der Waals surface area (Å²) in [6.45, 7) is 0.716. The summed E-state index contributed by atoms with van der Waals surface area (Å²) in [7, 11) is 0. The van der Waals surface area contributed by atoms with Gasteiger partial charge in [0, 0.05) is 31.0 Å². The van der Waals surface area contributed by atoms with Crippen LogP contribution in [0.5, 0.6) is 0 Å². The molecule has 130 valence electrons. The zero-order chi connectivity index (χ0) is 17.6. The van der Waals surface area contributed by atoms with Gasteiger partial charge in [-0.15, -0.1) is 0 Å². The summed E-state index contributed by atoms with van der Waals surface area (Å²) >= 11 is 0. The van der Waals surface area contributed by atoms with Crippen LogP contribution in [0.4, 0.5) is 0 Å². The smallest absolute Gasteiger partial charge is 0.253 e. The fourth-order valence-corrected chi connectivity index (χ4v) is 2.99. The molecule has 1 aromatic carbocycles. The van der Waals surface area contributed by atoms with Crippen LogP contribution in [-0.4, -0.2) is 52.0 Å². The summed E-state index contributed by atoms with van der Waals surface area (Å²) in [4.78, 5) is 30.2. The number of rotatable bonds is 4. The van der Waals surface area contributed by atoms with E-state index in [0.29, 0.717) is 18.5 Å². The fourth-order valence-electron chi connectivity index (χ4n) is 2.99. The molecule has 2 aromatic rings. The number of amides is 2. The molecule has 1 aromatic heterocycles. The number of carbonyl (C=O) groups excluding carboxylic acids is 2. The number of aromatic nitrogens is 1. The van der Waals surface area contributed by atoms with Crippen LogP contribution < -0.4 is 5.32 Å². The van der Waals surface area contributed by atoms with Crippen LogP contribution in [-0.2, 0) is 11.2 Å². The summed E-state index contributed by atoms with van der Waals surface area (Å²) in [6, 6.07) is 12.3. The Balaban J connectivity index is 1.53. The van der Waals surface area contributed by atoms with Crippen molar-refractivity contribution in [3.63, 3.8) is 0 Å². The van der Waals surface area contributed by atoms with Crippen molar-refractivity contribution in [3.05, 3.63) is 66.0 Å². The second kappa shape index (κ2) is 7.90. The van der Waals surface area contributed by atoms with E-state index in [2.05, 4.69) is 10.3 Å². The Morgan fingerprint density at radius 2 is 2.00 bits per heavy atom. The molecule has 1 fully saturated rings. The topological polar surface area (TPSA) is 82.5 Å². The maximum absolute atomic E-state index is 12.4. The van der Waals surface area contributed by atoms with Gasteiger partial charge in [0.1, 0.15) is 0 Å². The van der Waals surface area contributed by atoms with Crippen LogP contribution in [0.2, 0.25) is 0 Å². The van der Waals surface area contributed by atoms with E-state index in [-0.39, 0.29) is 30.8 Å². The lowest BCUT2D eigenvalue weighted by molar-refractivity contribution is -0.122. The monoisotopic (exact) mass is 339 g/mol. The summed E-state index contributed by atoms with van der Waals surface area (Å²) in [5.41, 5.74) is 1.43. The van der Waals surface area contributed by atoms with Crippen molar-refractivity contribution in [2.45, 2.75) is 25.0 Å². The number of carbonyl (C=O) groups is 2. The van der Waals surface area contributed by atoms with Crippen molar-refractivity contribution in [3.8, 4) is 0 Å². The highest BCUT2D eigenvalue weighted by Gasteiger charge is 2.31. The maximum Gasteiger partial charge on any atom is 0.253 e. The lowest BCUT2D eigenvalue weighted by Gasteiger charge is -2.36. The zero-order valence-electron chi connectivity index (χ0n) is 13.8. The third-order valence-corrected chi connectivity index (χ3v) is 4.32. The highest BCUT2D eigenvalue weighted by atomic mass is 16.3. The molecule has 1 aliphatic heterocycles. The number of β-amino-alcohol motifs (C(OH)–C–C–N with tert-alkyl or cyclic N) is 1. The van der Waals surface area contributed by atoms with Crippen LogP contribution in [0.15, 0.2) is 54.9 Å². The van der Waals surface area contributed by atoms with E-state index in [9.17, 15) is 14.7 Å². The highest BCUT2D eigenvalue weighted by molar-refractivity contribution is 5.94. The Bertz CT molecular complexity index is 721. The number of nitrogens with zero attached hydrogens (tertiary/aromatic N) is 2. The van der Waals surface area contributed by atoms with Crippen molar-refractivity contribution in [2.24, 2.45) is 0 Å². The van der Waals surface area contributed by atoms with Crippen LogP contribution in [0, 0.1) is 0 Å². The lowest BCUT2D eigenvalue weighted by Crippen LogP contribution is -2.55. The van der Waals surface area contributed by atoms with Crippen molar-refractivity contribution >= 4 is 11.8 Å². The Labute approximate surface area is 146 Å². The van der Waals surface area contributed by atoms with E-state index < -0.39 is 6.10 Å². The molecular weight excluding hydrogens is 318 g/mol. The van der Waals surface area contributed by atoms with Gasteiger partial charge in [-0.1, -0.05) is 24.3 Å². The molecule has 3 rings (SSSR count). The van der Waals surface area contributed by atoms with Crippen molar-refractivity contribution < 1.29 is 14.7 Å². The number of piperidine rings is 1. The molecule has 0 aliphatic carbocycles. The van der Waals surface area contributed by atoms with E-state index in [0.717, 1.165) is 5.56 Å². The zero-order valence-corrected chi connectivity index (χ0v) is 13.8. The first-order valence-electron chi connectivity index (χ1n) is 8.34. The largest absolute Gasteiger partial charge is 0.389 e. The molecule has 0 radical (unpaired) electrons. The molecule has 2 unspecified atom stereocenters. The van der Waals surface area contributed by atoms with Crippen molar-refractivity contribution in [1.82, 2.24) is 15.2 Å². The number of aliphatic hydroxyl groups excluding tert-OH is 1. The molecule has 2 N–H and O–H groups in total. The van der Waals surface area contributed by atoms with Gasteiger partial charge in [-0.05, 0) is 30.2 Å². The van der Waals surface area contributed by atoms with Gasteiger partial charge in [0.25, 0.3) is 5.91 Å². The third kappa shape index (κ3) is 4.42. The normalized spacial score (nSPS) is 20.1. The van der Waals surface area contributed by atoms with Gasteiger partial charge in [-0.3, -0.25) is 14.6 Å². The number of hydrogen-bond donors (Lipinski definition) is 2. The fraction of sp³-hybridized carbons (Fsp3) is 0.316. The predicted octanol–water partition coefficient (Wildman–Crippen LogP) is 1.02. The molecule has 1 saturated heterocycles. The van der Waals surface area contributed by atoms with Gasteiger partial charge in [-0.2, -0.15) is 0 Å². The summed E-state index contributed by atoms with van der Waals surface area (Å²) in [6.07, 6.45) is 3.28. The van der Waals surface area contributed by atoms with Gasteiger partial charge in [0.05, 0.1) is 18.6 Å². The standard InChI is InChI=1S/C19H21N3O3/c23-17-13-22(19(25)15-6-2-1-3-7-15)10-8-16(17)21-18(24)11-14-5-4-9-20-12-14/h1-7,9,12,16-17,23H,8,10-11,13H2,(H,21,24). The number of hydrogen-bond acceptors (Lipinski definition) is 4. The van der Waals surface area contributed by atoms with E-state index >= 15 is 0 Å². The van der Waals surface area contributed by atoms with Crippen molar-refractivity contribution in [1.29, 1.82) is 0 Å². The molecule has 0 bridgehead atoms. The number of aliphatic hydroxyl groups is 1. The molecule has 2 heterocycles. The first-order chi connectivity index (χ1) is 12.1. The molecule has 2 atom stereocenters. The number of pyridine rings is 1. The molecule has 2 amide bonds. The summed E-state index contributed by atoms with van der Waals surface area (Å²) in [5, 5.41) is 13.2. The minimum absolute atomic E-state index is 0.0974. The molecule has 25 heavy (non-hydrogen) atoms. The number of likely N-dealkylation sites (tertiary alicyclic amines) is 1. The highest BCUT2D eigenvalue weighted by Crippen LogP contribution is 2.15. The first kappa shape index (κ1) is 17.1. The average molecular weight is 339 g/mol. The molecule has 6 heteroatoms. The Morgan fingerprint density at radius 1 is 1.20 bits per heavy atom. The Morgan fingerprint density at radius 3 is 2.68 bits per heavy atom.